The van der Waals surface area contributed by atoms with Gasteiger partial charge in [0.05, 0.1) is 5.52 Å². The number of hydrogen-bond acceptors (Lipinski definition) is 4. The van der Waals surface area contributed by atoms with Crippen LogP contribution in [0.25, 0.3) is 11.0 Å². The number of epoxide rings is 1. The van der Waals surface area contributed by atoms with Crippen molar-refractivity contribution in [3.63, 3.8) is 0 Å². The summed E-state index contributed by atoms with van der Waals surface area (Å²) in [7, 11) is 0. The van der Waals surface area contributed by atoms with Gasteiger partial charge in [-0.2, -0.15) is 0 Å². The molecule has 0 bridgehead atoms. The number of aromatic nitrogens is 3. The highest BCUT2D eigenvalue weighted by atomic mass is 16.6. The molecular weight excluding hydrogens is 242 g/mol. The van der Waals surface area contributed by atoms with Gasteiger partial charge in [0, 0.05) is 0 Å². The van der Waals surface area contributed by atoms with Gasteiger partial charge in [0.2, 0.25) is 0 Å². The quantitative estimate of drug-likeness (QED) is 0.712. The van der Waals surface area contributed by atoms with Gasteiger partial charge in [-0.15, -0.1) is 5.10 Å². The molecule has 94 valence electrons. The van der Waals surface area contributed by atoms with Crippen molar-refractivity contribution in [3.8, 4) is 5.75 Å². The summed E-state index contributed by atoms with van der Waals surface area (Å²) in [5.74, 6) is 0.257. The van der Waals surface area contributed by atoms with Gasteiger partial charge in [-0.05, 0) is 29.8 Å². The zero-order valence-electron chi connectivity index (χ0n) is 9.97. The van der Waals surface area contributed by atoms with Crippen LogP contribution < -0.4 is 0 Å². The van der Waals surface area contributed by atoms with Gasteiger partial charge in [0.25, 0.3) is 0 Å². The summed E-state index contributed by atoms with van der Waals surface area (Å²) in [6.07, 6.45) is -0.136. The number of nitrogens with zero attached hydrogens (tertiary/aromatic N) is 3. The number of fused-ring (bicyclic) bond motifs is 1. The molecule has 0 aliphatic carbocycles. The summed E-state index contributed by atoms with van der Waals surface area (Å²) in [6.45, 7) is 0. The van der Waals surface area contributed by atoms with Crippen molar-refractivity contribution < 1.29 is 9.84 Å². The molecular formula is C14H11N3O2. The smallest absolute Gasteiger partial charge is 0.183 e. The number of ether oxygens (including phenoxy) is 1. The first-order chi connectivity index (χ1) is 9.33. The second-order valence-electron chi connectivity index (χ2n) is 4.56. The SMILES string of the molecule is Oc1ccc(C2OC2n2nnc3ccccc32)cc1. The third-order valence-corrected chi connectivity index (χ3v) is 3.31. The predicted octanol–water partition coefficient (Wildman–Crippen LogP) is 2.41. The predicted molar refractivity (Wildman–Crippen MR) is 68.5 cm³/mol. The van der Waals surface area contributed by atoms with Crippen LogP contribution in [-0.2, 0) is 4.74 Å². The van der Waals surface area contributed by atoms with Gasteiger partial charge in [0.1, 0.15) is 17.4 Å². The Kier molecular flexibility index (Phi) is 2.10. The zero-order valence-corrected chi connectivity index (χ0v) is 9.97. The summed E-state index contributed by atoms with van der Waals surface area (Å²) in [5, 5.41) is 17.5. The fraction of sp³-hybridized carbons (Fsp3) is 0.143. The lowest BCUT2D eigenvalue weighted by Gasteiger charge is -1.98. The van der Waals surface area contributed by atoms with Gasteiger partial charge in [0.15, 0.2) is 6.23 Å². The Bertz CT molecular complexity index is 736. The molecule has 2 heterocycles. The normalized spacial score (nSPS) is 21.7. The van der Waals surface area contributed by atoms with Crippen LogP contribution in [-0.4, -0.2) is 20.1 Å². The van der Waals surface area contributed by atoms with Crippen molar-refractivity contribution in [2.24, 2.45) is 0 Å². The summed E-state index contributed by atoms with van der Waals surface area (Å²) >= 11 is 0. The first-order valence-corrected chi connectivity index (χ1v) is 6.07. The lowest BCUT2D eigenvalue weighted by atomic mass is 10.1. The van der Waals surface area contributed by atoms with Crippen molar-refractivity contribution in [2.45, 2.75) is 12.3 Å². The van der Waals surface area contributed by atoms with Crippen molar-refractivity contribution in [1.82, 2.24) is 15.0 Å². The maximum absolute atomic E-state index is 9.28. The third-order valence-electron chi connectivity index (χ3n) is 3.31. The minimum Gasteiger partial charge on any atom is -0.508 e. The molecule has 2 unspecified atom stereocenters. The van der Waals surface area contributed by atoms with E-state index >= 15 is 0 Å². The van der Waals surface area contributed by atoms with Crippen LogP contribution in [0.1, 0.15) is 17.9 Å². The molecule has 0 amide bonds. The van der Waals surface area contributed by atoms with Gasteiger partial charge >= 0.3 is 0 Å². The van der Waals surface area contributed by atoms with E-state index in [2.05, 4.69) is 10.3 Å². The molecule has 5 heteroatoms. The minimum atomic E-state index is -0.114. The molecule has 1 fully saturated rings. The fourth-order valence-corrected chi connectivity index (χ4v) is 2.27. The number of phenols is 1. The van der Waals surface area contributed by atoms with Crippen LogP contribution in [0.5, 0.6) is 5.75 Å². The highest BCUT2D eigenvalue weighted by Gasteiger charge is 2.43. The lowest BCUT2D eigenvalue weighted by molar-refractivity contribution is 0.321. The first kappa shape index (κ1) is 10.5. The Labute approximate surface area is 109 Å². The molecule has 5 nitrogen and oxygen atoms in total. The van der Waals surface area contributed by atoms with Crippen LogP contribution in [0.3, 0.4) is 0 Å². The molecule has 4 rings (SSSR count). The van der Waals surface area contributed by atoms with Crippen LogP contribution in [0.2, 0.25) is 0 Å². The maximum atomic E-state index is 9.28. The lowest BCUT2D eigenvalue weighted by Crippen LogP contribution is -1.98. The Morgan fingerprint density at radius 1 is 1.05 bits per heavy atom. The Morgan fingerprint density at radius 3 is 2.68 bits per heavy atom. The molecule has 1 aliphatic heterocycles. The maximum Gasteiger partial charge on any atom is 0.183 e. The molecule has 2 atom stereocenters. The van der Waals surface area contributed by atoms with E-state index < -0.39 is 0 Å². The van der Waals surface area contributed by atoms with E-state index in [0.717, 1.165) is 16.6 Å². The molecule has 0 saturated carbocycles. The Balaban J connectivity index is 1.67. The summed E-state index contributed by atoms with van der Waals surface area (Å²) < 4.78 is 7.47. The summed E-state index contributed by atoms with van der Waals surface area (Å²) in [5.41, 5.74) is 2.86. The van der Waals surface area contributed by atoms with Crippen molar-refractivity contribution in [3.05, 3.63) is 54.1 Å². The van der Waals surface area contributed by atoms with Gasteiger partial charge in [-0.25, -0.2) is 4.68 Å². The molecule has 1 aromatic heterocycles. The third kappa shape index (κ3) is 1.67. The molecule has 0 radical (unpaired) electrons. The van der Waals surface area contributed by atoms with E-state index in [1.165, 1.54) is 0 Å². The molecule has 1 saturated heterocycles. The largest absolute Gasteiger partial charge is 0.508 e. The van der Waals surface area contributed by atoms with Crippen molar-refractivity contribution in [2.75, 3.05) is 0 Å². The Hall–Kier alpha value is -2.40. The fourth-order valence-electron chi connectivity index (χ4n) is 2.27. The molecule has 1 N–H and O–H groups in total. The molecule has 3 aromatic rings. The van der Waals surface area contributed by atoms with E-state index in [1.54, 1.807) is 16.8 Å². The van der Waals surface area contributed by atoms with E-state index in [9.17, 15) is 5.11 Å². The molecule has 19 heavy (non-hydrogen) atoms. The monoisotopic (exact) mass is 253 g/mol. The van der Waals surface area contributed by atoms with Crippen molar-refractivity contribution in [1.29, 1.82) is 0 Å². The highest BCUT2D eigenvalue weighted by Crippen LogP contribution is 2.48. The van der Waals surface area contributed by atoms with E-state index in [-0.39, 0.29) is 18.1 Å². The van der Waals surface area contributed by atoms with Crippen LogP contribution >= 0.6 is 0 Å². The van der Waals surface area contributed by atoms with Crippen molar-refractivity contribution >= 4 is 11.0 Å². The average molecular weight is 253 g/mol. The second-order valence-corrected chi connectivity index (χ2v) is 4.56. The minimum absolute atomic E-state index is 0.0225. The standard InChI is InChI=1S/C14H11N3O2/c18-10-7-5-9(6-8-10)13-14(19-13)17-12-4-2-1-3-11(12)15-16-17/h1-8,13-14,18H. The number of hydrogen-bond donors (Lipinski definition) is 1. The highest BCUT2D eigenvalue weighted by molar-refractivity contribution is 5.74. The number of para-hydroxylation sites is 1. The van der Waals surface area contributed by atoms with Gasteiger partial charge in [-0.3, -0.25) is 0 Å². The van der Waals surface area contributed by atoms with Gasteiger partial charge < -0.3 is 9.84 Å². The van der Waals surface area contributed by atoms with Crippen LogP contribution in [0.15, 0.2) is 48.5 Å². The van der Waals surface area contributed by atoms with E-state index in [0.29, 0.717) is 0 Å². The molecule has 1 aliphatic rings. The van der Waals surface area contributed by atoms with Gasteiger partial charge in [-0.1, -0.05) is 29.5 Å². The zero-order chi connectivity index (χ0) is 12.8. The number of phenolic OH excluding ortho intramolecular Hbond substituents is 1. The van der Waals surface area contributed by atoms with Crippen LogP contribution in [0.4, 0.5) is 0 Å². The van der Waals surface area contributed by atoms with E-state index in [1.807, 2.05) is 36.4 Å². The second kappa shape index (κ2) is 3.80. The summed E-state index contributed by atoms with van der Waals surface area (Å²) in [6, 6.07) is 14.8. The molecule has 2 aromatic carbocycles. The average Bonchev–Trinajstić information content (AvgIpc) is 3.12. The first-order valence-electron chi connectivity index (χ1n) is 6.07. The number of rotatable bonds is 2. The van der Waals surface area contributed by atoms with Crippen LogP contribution in [0, 0.1) is 0 Å². The molecule has 0 spiro atoms. The summed E-state index contributed by atoms with van der Waals surface area (Å²) in [4.78, 5) is 0. The topological polar surface area (TPSA) is 63.5 Å². The number of benzene rings is 2. The van der Waals surface area contributed by atoms with E-state index in [4.69, 9.17) is 4.74 Å². The number of aromatic hydroxyl groups is 1. The Morgan fingerprint density at radius 2 is 1.84 bits per heavy atom.